The lowest BCUT2D eigenvalue weighted by Gasteiger charge is -2.21. The minimum atomic E-state index is -3.75. The summed E-state index contributed by atoms with van der Waals surface area (Å²) in [4.78, 5) is 23.3. The molecule has 23 heavy (non-hydrogen) atoms. The van der Waals surface area contributed by atoms with E-state index in [4.69, 9.17) is 16.3 Å². The van der Waals surface area contributed by atoms with Crippen molar-refractivity contribution >= 4 is 33.8 Å². The van der Waals surface area contributed by atoms with Gasteiger partial charge in [0.25, 0.3) is 0 Å². The molecule has 8 heteroatoms. The van der Waals surface area contributed by atoms with E-state index in [9.17, 15) is 18.0 Å². The fourth-order valence-electron chi connectivity index (χ4n) is 2.20. The zero-order chi connectivity index (χ0) is 17.5. The first kappa shape index (κ1) is 17.7. The third kappa shape index (κ3) is 3.84. The number of alkyl carbamates (subject to hydrolysis) is 1. The summed E-state index contributed by atoms with van der Waals surface area (Å²) < 4.78 is 30.2. The van der Waals surface area contributed by atoms with E-state index >= 15 is 0 Å². The van der Waals surface area contributed by atoms with E-state index in [1.165, 1.54) is 24.3 Å². The molecule has 1 aromatic carbocycles. The van der Waals surface area contributed by atoms with Gasteiger partial charge in [-0.3, -0.25) is 0 Å². The SMILES string of the molecule is CC(C)(C)OC(=O)NC1(C=O)CC1S(=O)(=O)c1ccc(Cl)cc1. The quantitative estimate of drug-likeness (QED) is 0.833. The number of rotatable bonds is 4. The first-order valence-electron chi connectivity index (χ1n) is 6.97. The molecule has 1 amide bonds. The van der Waals surface area contributed by atoms with Crippen molar-refractivity contribution in [1.29, 1.82) is 0 Å². The van der Waals surface area contributed by atoms with Crippen molar-refractivity contribution in [3.05, 3.63) is 29.3 Å². The number of aldehydes is 1. The molecule has 1 aromatic rings. The lowest BCUT2D eigenvalue weighted by Crippen LogP contribution is -2.45. The lowest BCUT2D eigenvalue weighted by atomic mass is 10.2. The molecule has 2 unspecified atom stereocenters. The largest absolute Gasteiger partial charge is 0.444 e. The van der Waals surface area contributed by atoms with Crippen LogP contribution in [0.3, 0.4) is 0 Å². The summed E-state index contributed by atoms with van der Waals surface area (Å²) in [5, 5.41) is 1.77. The van der Waals surface area contributed by atoms with Crippen molar-refractivity contribution in [3.8, 4) is 0 Å². The molecule has 2 rings (SSSR count). The van der Waals surface area contributed by atoms with Crippen molar-refractivity contribution in [2.75, 3.05) is 0 Å². The molecule has 0 heterocycles. The molecule has 0 aliphatic heterocycles. The van der Waals surface area contributed by atoms with Crippen LogP contribution in [0.2, 0.25) is 5.02 Å². The van der Waals surface area contributed by atoms with Crippen molar-refractivity contribution < 1.29 is 22.7 Å². The van der Waals surface area contributed by atoms with E-state index in [1.54, 1.807) is 20.8 Å². The van der Waals surface area contributed by atoms with Gasteiger partial charge in [-0.05, 0) is 51.5 Å². The third-order valence-electron chi connectivity index (χ3n) is 3.40. The summed E-state index contributed by atoms with van der Waals surface area (Å²) in [7, 11) is -3.75. The maximum Gasteiger partial charge on any atom is 0.408 e. The minimum absolute atomic E-state index is 0.0146. The van der Waals surface area contributed by atoms with Gasteiger partial charge in [0.15, 0.2) is 9.84 Å². The van der Waals surface area contributed by atoms with E-state index in [0.29, 0.717) is 11.3 Å². The number of carbonyl (C=O) groups is 2. The highest BCUT2D eigenvalue weighted by molar-refractivity contribution is 7.92. The van der Waals surface area contributed by atoms with Gasteiger partial charge in [0.2, 0.25) is 0 Å². The zero-order valence-corrected chi connectivity index (χ0v) is 14.6. The molecule has 1 fully saturated rings. The molecule has 1 N–H and O–H groups in total. The number of sulfone groups is 1. The molecule has 1 aliphatic carbocycles. The van der Waals surface area contributed by atoms with E-state index < -0.39 is 32.3 Å². The van der Waals surface area contributed by atoms with E-state index in [0.717, 1.165) is 0 Å². The summed E-state index contributed by atoms with van der Waals surface area (Å²) in [5.74, 6) is 0. The van der Waals surface area contributed by atoms with Crippen molar-refractivity contribution in [2.24, 2.45) is 0 Å². The summed E-state index contributed by atoms with van der Waals surface area (Å²) >= 11 is 5.75. The van der Waals surface area contributed by atoms with Crippen LogP contribution in [0.25, 0.3) is 0 Å². The number of halogens is 1. The molecule has 0 spiro atoms. The number of nitrogens with one attached hydrogen (secondary N) is 1. The maximum atomic E-state index is 12.6. The molecule has 0 bridgehead atoms. The van der Waals surface area contributed by atoms with Gasteiger partial charge < -0.3 is 14.8 Å². The van der Waals surface area contributed by atoms with Crippen LogP contribution in [0.4, 0.5) is 4.79 Å². The average molecular weight is 360 g/mol. The van der Waals surface area contributed by atoms with Gasteiger partial charge in [0.05, 0.1) is 10.1 Å². The second kappa shape index (κ2) is 5.79. The van der Waals surface area contributed by atoms with Crippen LogP contribution in [-0.4, -0.2) is 37.2 Å². The Labute approximate surface area is 140 Å². The Bertz CT molecular complexity index is 723. The maximum absolute atomic E-state index is 12.6. The molecule has 1 saturated carbocycles. The van der Waals surface area contributed by atoms with Crippen molar-refractivity contribution in [1.82, 2.24) is 5.32 Å². The second-order valence-corrected chi connectivity index (χ2v) is 9.04. The Kier molecular flexibility index (Phi) is 4.47. The highest BCUT2D eigenvalue weighted by atomic mass is 35.5. The van der Waals surface area contributed by atoms with Gasteiger partial charge in [-0.2, -0.15) is 0 Å². The molecule has 126 valence electrons. The highest BCUT2D eigenvalue weighted by Crippen LogP contribution is 2.43. The predicted molar refractivity (Wildman–Crippen MR) is 85.2 cm³/mol. The molecule has 0 radical (unpaired) electrons. The number of carbonyl (C=O) groups excluding carboxylic acids is 2. The number of hydrogen-bond donors (Lipinski definition) is 1. The second-order valence-electron chi connectivity index (χ2n) is 6.48. The molecular formula is C15H18ClNO5S. The van der Waals surface area contributed by atoms with E-state index in [1.807, 2.05) is 0 Å². The summed E-state index contributed by atoms with van der Waals surface area (Å²) in [6.45, 7) is 5.03. The first-order valence-corrected chi connectivity index (χ1v) is 8.90. The number of ether oxygens (including phenoxy) is 1. The van der Waals surface area contributed by atoms with Gasteiger partial charge in [-0.25, -0.2) is 13.2 Å². The van der Waals surface area contributed by atoms with Crippen LogP contribution in [0.1, 0.15) is 27.2 Å². The van der Waals surface area contributed by atoms with Gasteiger partial charge in [-0.1, -0.05) is 11.6 Å². The number of benzene rings is 1. The van der Waals surface area contributed by atoms with Crippen LogP contribution in [0, 0.1) is 0 Å². The number of amides is 1. The Morgan fingerprint density at radius 3 is 2.39 bits per heavy atom. The predicted octanol–water partition coefficient (Wildman–Crippen LogP) is 2.35. The lowest BCUT2D eigenvalue weighted by molar-refractivity contribution is -0.110. The van der Waals surface area contributed by atoms with Crippen LogP contribution in [-0.2, 0) is 19.4 Å². The zero-order valence-electron chi connectivity index (χ0n) is 13.0. The number of hydrogen-bond acceptors (Lipinski definition) is 5. The van der Waals surface area contributed by atoms with E-state index in [2.05, 4.69) is 5.32 Å². The molecular weight excluding hydrogens is 342 g/mol. The van der Waals surface area contributed by atoms with Crippen LogP contribution in [0.15, 0.2) is 29.2 Å². The van der Waals surface area contributed by atoms with Crippen molar-refractivity contribution in [2.45, 2.75) is 48.5 Å². The molecule has 2 atom stereocenters. The smallest absolute Gasteiger partial charge is 0.408 e. The molecule has 1 aliphatic rings. The van der Waals surface area contributed by atoms with Gasteiger partial charge in [0.1, 0.15) is 17.4 Å². The minimum Gasteiger partial charge on any atom is -0.444 e. The standard InChI is InChI=1S/C15H18ClNO5S/c1-14(2,3)22-13(19)17-15(9-18)8-12(15)23(20,21)11-6-4-10(16)5-7-11/h4-7,9,12H,8H2,1-3H3,(H,17,19). The fourth-order valence-corrected chi connectivity index (χ4v) is 4.33. The summed E-state index contributed by atoms with van der Waals surface area (Å²) in [5.41, 5.74) is -2.19. The van der Waals surface area contributed by atoms with E-state index in [-0.39, 0.29) is 11.3 Å². The average Bonchev–Trinajstić information content (AvgIpc) is 3.12. The molecule has 0 saturated heterocycles. The third-order valence-corrected chi connectivity index (χ3v) is 5.92. The Morgan fingerprint density at radius 1 is 1.35 bits per heavy atom. The monoisotopic (exact) mass is 359 g/mol. The van der Waals surface area contributed by atoms with Crippen LogP contribution >= 0.6 is 11.6 Å². The Balaban J connectivity index is 2.18. The summed E-state index contributed by atoms with van der Waals surface area (Å²) in [6, 6.07) is 5.67. The first-order chi connectivity index (χ1) is 10.5. The Hall–Kier alpha value is -1.60. The molecule has 6 nitrogen and oxygen atoms in total. The van der Waals surface area contributed by atoms with Gasteiger partial charge >= 0.3 is 6.09 Å². The highest BCUT2D eigenvalue weighted by Gasteiger charge is 2.63. The van der Waals surface area contributed by atoms with Crippen LogP contribution < -0.4 is 5.32 Å². The normalized spacial score (nSPS) is 23.9. The summed E-state index contributed by atoms with van der Waals surface area (Å²) in [6.07, 6.45) is -0.353. The topological polar surface area (TPSA) is 89.5 Å². The van der Waals surface area contributed by atoms with Gasteiger partial charge in [0, 0.05) is 5.02 Å². The van der Waals surface area contributed by atoms with Gasteiger partial charge in [-0.15, -0.1) is 0 Å². The Morgan fingerprint density at radius 2 is 1.91 bits per heavy atom. The van der Waals surface area contributed by atoms with Crippen LogP contribution in [0.5, 0.6) is 0 Å². The fraction of sp³-hybridized carbons (Fsp3) is 0.467. The van der Waals surface area contributed by atoms with Crippen molar-refractivity contribution in [3.63, 3.8) is 0 Å². The molecule has 0 aromatic heterocycles.